The summed E-state index contributed by atoms with van der Waals surface area (Å²) in [6, 6.07) is 8.31. The summed E-state index contributed by atoms with van der Waals surface area (Å²) < 4.78 is 2.18. The van der Waals surface area contributed by atoms with E-state index >= 15 is 0 Å². The molecule has 2 heterocycles. The van der Waals surface area contributed by atoms with Gasteiger partial charge in [-0.2, -0.15) is 0 Å². The Balaban J connectivity index is 1.71. The fraction of sp³-hybridized carbons (Fsp3) is 0.294. The average Bonchev–Trinajstić information content (AvgIpc) is 3.15. The Morgan fingerprint density at radius 1 is 1.36 bits per heavy atom. The third-order valence-corrected chi connectivity index (χ3v) is 4.49. The van der Waals surface area contributed by atoms with Gasteiger partial charge in [0.1, 0.15) is 0 Å². The van der Waals surface area contributed by atoms with Crippen molar-refractivity contribution in [3.8, 4) is 0 Å². The molecule has 0 radical (unpaired) electrons. The van der Waals surface area contributed by atoms with Crippen LogP contribution in [0.2, 0.25) is 0 Å². The van der Waals surface area contributed by atoms with Crippen LogP contribution in [0.5, 0.6) is 0 Å². The number of aromatic nitrogens is 2. The predicted octanol–water partition coefficient (Wildman–Crippen LogP) is 3.65. The van der Waals surface area contributed by atoms with Crippen molar-refractivity contribution in [3.05, 3.63) is 52.6 Å². The van der Waals surface area contributed by atoms with E-state index in [-0.39, 0.29) is 5.91 Å². The molecule has 1 amide bonds. The minimum Gasteiger partial charge on any atom is -0.352 e. The topological polar surface area (TPSA) is 46.9 Å². The molecule has 5 heteroatoms. The van der Waals surface area contributed by atoms with E-state index in [2.05, 4.69) is 41.0 Å². The Morgan fingerprint density at radius 3 is 2.95 bits per heavy atom. The van der Waals surface area contributed by atoms with Crippen molar-refractivity contribution in [1.29, 1.82) is 0 Å². The Morgan fingerprint density at radius 2 is 2.23 bits per heavy atom. The number of hydrogen-bond donors (Lipinski definition) is 1. The van der Waals surface area contributed by atoms with Crippen LogP contribution in [-0.4, -0.2) is 22.0 Å². The van der Waals surface area contributed by atoms with Gasteiger partial charge in [0.2, 0.25) is 0 Å². The normalized spacial score (nSPS) is 11.2. The fourth-order valence-corrected chi connectivity index (χ4v) is 3.12. The number of nitrogens with zero attached hydrogens (tertiary/aromatic N) is 2. The van der Waals surface area contributed by atoms with Crippen LogP contribution < -0.4 is 5.32 Å². The maximum atomic E-state index is 12.3. The number of fused-ring (bicyclic) bond motifs is 1. The van der Waals surface area contributed by atoms with Crippen molar-refractivity contribution in [3.63, 3.8) is 0 Å². The molecule has 0 spiro atoms. The molecule has 3 aromatic rings. The Hall–Kier alpha value is -2.14. The standard InChI is InChI=1S/C17H19N3OS/c1-12(2)20-9-6-13-3-4-14(11-15(13)20)17(21)19-7-5-16-18-8-10-22-16/h3-4,6,8-12H,5,7H2,1-2H3,(H,19,21). The molecule has 0 aliphatic carbocycles. The Labute approximate surface area is 133 Å². The van der Waals surface area contributed by atoms with Crippen molar-refractivity contribution in [2.45, 2.75) is 26.3 Å². The smallest absolute Gasteiger partial charge is 0.251 e. The molecule has 0 aliphatic rings. The number of nitrogens with one attached hydrogen (secondary N) is 1. The van der Waals surface area contributed by atoms with Gasteiger partial charge in [-0.15, -0.1) is 11.3 Å². The van der Waals surface area contributed by atoms with E-state index in [1.807, 2.05) is 23.6 Å². The first-order valence-electron chi connectivity index (χ1n) is 7.42. The summed E-state index contributed by atoms with van der Waals surface area (Å²) in [4.78, 5) is 16.5. The van der Waals surface area contributed by atoms with E-state index in [9.17, 15) is 4.79 Å². The number of hydrogen-bond acceptors (Lipinski definition) is 3. The molecule has 0 saturated carbocycles. The monoisotopic (exact) mass is 313 g/mol. The van der Waals surface area contributed by atoms with Gasteiger partial charge < -0.3 is 9.88 Å². The van der Waals surface area contributed by atoms with Crippen molar-refractivity contribution < 1.29 is 4.79 Å². The molecule has 0 bridgehead atoms. The molecule has 0 aliphatic heterocycles. The van der Waals surface area contributed by atoms with E-state index in [4.69, 9.17) is 0 Å². The molecule has 2 aromatic heterocycles. The largest absolute Gasteiger partial charge is 0.352 e. The molecule has 3 rings (SSSR count). The zero-order valence-electron chi connectivity index (χ0n) is 12.7. The van der Waals surface area contributed by atoms with Gasteiger partial charge >= 0.3 is 0 Å². The van der Waals surface area contributed by atoms with Gasteiger partial charge in [-0.05, 0) is 37.4 Å². The van der Waals surface area contributed by atoms with Gasteiger partial charge in [0, 0.05) is 47.9 Å². The van der Waals surface area contributed by atoms with E-state index in [1.165, 1.54) is 0 Å². The lowest BCUT2D eigenvalue weighted by Gasteiger charge is -2.10. The second kappa shape index (κ2) is 6.32. The van der Waals surface area contributed by atoms with Gasteiger partial charge in [-0.1, -0.05) is 6.07 Å². The van der Waals surface area contributed by atoms with Crippen molar-refractivity contribution in [2.75, 3.05) is 6.54 Å². The summed E-state index contributed by atoms with van der Waals surface area (Å²) >= 11 is 1.61. The molecule has 4 nitrogen and oxygen atoms in total. The average molecular weight is 313 g/mol. The van der Waals surface area contributed by atoms with Gasteiger partial charge in [0.25, 0.3) is 5.91 Å². The molecule has 0 saturated heterocycles. The van der Waals surface area contributed by atoms with Crippen molar-refractivity contribution >= 4 is 28.1 Å². The third kappa shape index (κ3) is 3.04. The lowest BCUT2D eigenvalue weighted by molar-refractivity contribution is 0.0954. The summed E-state index contributed by atoms with van der Waals surface area (Å²) in [5.41, 5.74) is 1.80. The summed E-state index contributed by atoms with van der Waals surface area (Å²) in [5.74, 6) is -0.0324. The summed E-state index contributed by atoms with van der Waals surface area (Å²) in [7, 11) is 0. The van der Waals surface area contributed by atoms with Gasteiger partial charge in [-0.3, -0.25) is 4.79 Å². The van der Waals surface area contributed by atoms with E-state index in [0.29, 0.717) is 18.2 Å². The maximum Gasteiger partial charge on any atom is 0.251 e. The number of thiazole rings is 1. The molecule has 1 aromatic carbocycles. The lowest BCUT2D eigenvalue weighted by Crippen LogP contribution is -2.25. The van der Waals surface area contributed by atoms with E-state index < -0.39 is 0 Å². The number of amides is 1. The van der Waals surface area contributed by atoms with E-state index in [0.717, 1.165) is 22.3 Å². The van der Waals surface area contributed by atoms with Crippen LogP contribution >= 0.6 is 11.3 Å². The van der Waals surface area contributed by atoms with Crippen molar-refractivity contribution in [1.82, 2.24) is 14.9 Å². The molecule has 0 atom stereocenters. The predicted molar refractivity (Wildman–Crippen MR) is 90.5 cm³/mol. The highest BCUT2D eigenvalue weighted by molar-refractivity contribution is 7.09. The van der Waals surface area contributed by atoms with Gasteiger partial charge in [0.15, 0.2) is 0 Å². The van der Waals surface area contributed by atoms with Crippen LogP contribution in [0.15, 0.2) is 42.0 Å². The SMILES string of the molecule is CC(C)n1ccc2ccc(C(=O)NCCc3nccs3)cc21. The molecule has 0 unspecified atom stereocenters. The summed E-state index contributed by atoms with van der Waals surface area (Å²) in [6.45, 7) is 4.88. The second-order valence-corrected chi connectivity index (χ2v) is 6.50. The number of carbonyl (C=O) groups excluding carboxylic acids is 1. The van der Waals surface area contributed by atoms with E-state index in [1.54, 1.807) is 17.5 Å². The van der Waals surface area contributed by atoms with Crippen LogP contribution in [0.1, 0.15) is 35.3 Å². The second-order valence-electron chi connectivity index (χ2n) is 5.52. The quantitative estimate of drug-likeness (QED) is 0.781. The summed E-state index contributed by atoms with van der Waals surface area (Å²) in [5, 5.41) is 7.12. The van der Waals surface area contributed by atoms with Crippen LogP contribution in [0.3, 0.4) is 0 Å². The third-order valence-electron chi connectivity index (χ3n) is 3.65. The molecular weight excluding hydrogens is 294 g/mol. The fourth-order valence-electron chi connectivity index (χ4n) is 2.50. The zero-order valence-corrected chi connectivity index (χ0v) is 13.6. The molecule has 0 fully saturated rings. The first kappa shape index (κ1) is 14.8. The number of carbonyl (C=O) groups is 1. The zero-order chi connectivity index (χ0) is 15.5. The molecule has 1 N–H and O–H groups in total. The van der Waals surface area contributed by atoms with Crippen LogP contribution in [-0.2, 0) is 6.42 Å². The van der Waals surface area contributed by atoms with Crippen molar-refractivity contribution in [2.24, 2.45) is 0 Å². The Bertz CT molecular complexity index is 774. The lowest BCUT2D eigenvalue weighted by atomic mass is 10.1. The Kier molecular flexibility index (Phi) is 4.24. The van der Waals surface area contributed by atoms with Crippen LogP contribution in [0.4, 0.5) is 0 Å². The van der Waals surface area contributed by atoms with Gasteiger partial charge in [-0.25, -0.2) is 4.98 Å². The molecule has 114 valence electrons. The molecular formula is C17H19N3OS. The first-order chi connectivity index (χ1) is 10.6. The maximum absolute atomic E-state index is 12.3. The highest BCUT2D eigenvalue weighted by atomic mass is 32.1. The number of benzene rings is 1. The summed E-state index contributed by atoms with van der Waals surface area (Å²) in [6.07, 6.45) is 4.63. The minimum atomic E-state index is -0.0324. The van der Waals surface area contributed by atoms with Crippen LogP contribution in [0.25, 0.3) is 10.9 Å². The molecule has 22 heavy (non-hydrogen) atoms. The highest BCUT2D eigenvalue weighted by Gasteiger charge is 2.09. The van der Waals surface area contributed by atoms with Crippen LogP contribution in [0, 0.1) is 0 Å². The van der Waals surface area contributed by atoms with Gasteiger partial charge in [0.05, 0.1) is 5.01 Å². The first-order valence-corrected chi connectivity index (χ1v) is 8.30. The minimum absolute atomic E-state index is 0.0324. The number of rotatable bonds is 5. The highest BCUT2D eigenvalue weighted by Crippen LogP contribution is 2.21.